The first kappa shape index (κ1) is 18.4. The van der Waals surface area contributed by atoms with Gasteiger partial charge in [0, 0.05) is 26.6 Å². The number of hydrogen-bond donors (Lipinski definition) is 0. The van der Waals surface area contributed by atoms with E-state index >= 15 is 0 Å². The number of ether oxygens (including phenoxy) is 1. The summed E-state index contributed by atoms with van der Waals surface area (Å²) in [7, 11) is 3.34. The van der Waals surface area contributed by atoms with E-state index in [0.29, 0.717) is 6.54 Å². The van der Waals surface area contributed by atoms with Crippen LogP contribution < -0.4 is 4.74 Å². The maximum Gasteiger partial charge on any atom is 0.233 e. The van der Waals surface area contributed by atoms with E-state index in [1.54, 1.807) is 19.1 Å². The number of hydrogen-bond acceptors (Lipinski definition) is 4. The fourth-order valence-corrected chi connectivity index (χ4v) is 3.98. The van der Waals surface area contributed by atoms with E-state index in [4.69, 9.17) is 4.74 Å². The second-order valence-electron chi connectivity index (χ2n) is 7.18. The third kappa shape index (κ3) is 3.74. The molecule has 6 nitrogen and oxygen atoms in total. The van der Waals surface area contributed by atoms with Crippen LogP contribution in [0.5, 0.6) is 5.75 Å². The molecule has 2 fully saturated rings. The quantitative estimate of drug-likeness (QED) is 0.732. The summed E-state index contributed by atoms with van der Waals surface area (Å²) in [5.41, 5.74) is 0.972. The van der Waals surface area contributed by atoms with Gasteiger partial charge in [0.2, 0.25) is 17.7 Å². The molecule has 1 heterocycles. The molecule has 1 aliphatic heterocycles. The summed E-state index contributed by atoms with van der Waals surface area (Å²) >= 11 is 0. The average molecular weight is 358 g/mol. The molecule has 1 aliphatic carbocycles. The predicted molar refractivity (Wildman–Crippen MR) is 96.3 cm³/mol. The average Bonchev–Trinajstić information content (AvgIpc) is 2.90. The Hall–Kier alpha value is -2.37. The van der Waals surface area contributed by atoms with Crippen LogP contribution in [0.3, 0.4) is 0 Å². The number of methoxy groups -OCH3 is 1. The smallest absolute Gasteiger partial charge is 0.233 e. The Kier molecular flexibility index (Phi) is 5.59. The van der Waals surface area contributed by atoms with Crippen LogP contribution in [0.25, 0.3) is 0 Å². The van der Waals surface area contributed by atoms with Gasteiger partial charge in [-0.25, -0.2) is 0 Å². The van der Waals surface area contributed by atoms with Crippen LogP contribution in [0.1, 0.15) is 37.7 Å². The minimum absolute atomic E-state index is 0.0803. The standard InChI is InChI=1S/C20H26N2O4/c1-21(13-14-6-5-7-15(12-14)26-2)18(23)10-11-22-19(24)16-8-3-4-9-17(16)20(22)25/h5-7,12,16-17H,3-4,8-11,13H2,1-2H3/t16-,17-/m0/s1. The van der Waals surface area contributed by atoms with Crippen LogP contribution >= 0.6 is 0 Å². The Balaban J connectivity index is 1.54. The molecule has 1 saturated carbocycles. The first-order valence-electron chi connectivity index (χ1n) is 9.23. The van der Waals surface area contributed by atoms with Crippen molar-refractivity contribution in [3.63, 3.8) is 0 Å². The van der Waals surface area contributed by atoms with Crippen LogP contribution in [0.15, 0.2) is 24.3 Å². The summed E-state index contributed by atoms with van der Waals surface area (Å²) in [6.45, 7) is 0.648. The Morgan fingerprint density at radius 1 is 1.19 bits per heavy atom. The summed E-state index contributed by atoms with van der Waals surface area (Å²) in [4.78, 5) is 40.3. The largest absolute Gasteiger partial charge is 0.497 e. The molecule has 0 spiro atoms. The molecular weight excluding hydrogens is 332 g/mol. The lowest BCUT2D eigenvalue weighted by Crippen LogP contribution is -2.36. The first-order valence-corrected chi connectivity index (χ1v) is 9.23. The van der Waals surface area contributed by atoms with Crippen LogP contribution in [0.2, 0.25) is 0 Å². The molecule has 140 valence electrons. The number of fused-ring (bicyclic) bond motifs is 1. The molecule has 1 aromatic rings. The molecule has 0 aromatic heterocycles. The van der Waals surface area contributed by atoms with Gasteiger partial charge in [-0.15, -0.1) is 0 Å². The second-order valence-corrected chi connectivity index (χ2v) is 7.18. The molecule has 3 rings (SSSR count). The molecule has 2 aliphatic rings. The van der Waals surface area contributed by atoms with E-state index in [1.807, 2.05) is 24.3 Å². The fourth-order valence-electron chi connectivity index (χ4n) is 3.98. The third-order valence-electron chi connectivity index (χ3n) is 5.46. The Labute approximate surface area is 154 Å². The van der Waals surface area contributed by atoms with Crippen molar-refractivity contribution in [3.05, 3.63) is 29.8 Å². The first-order chi connectivity index (χ1) is 12.5. The normalized spacial score (nSPS) is 22.3. The Bertz CT molecular complexity index is 679. The minimum Gasteiger partial charge on any atom is -0.497 e. The SMILES string of the molecule is COc1cccc(CN(C)C(=O)CCN2C(=O)[C@H]3CCCC[C@@H]3C2=O)c1. The van der Waals surface area contributed by atoms with Crippen LogP contribution in [-0.4, -0.2) is 48.2 Å². The zero-order valence-corrected chi connectivity index (χ0v) is 15.4. The number of nitrogens with zero attached hydrogens (tertiary/aromatic N) is 2. The number of likely N-dealkylation sites (tertiary alicyclic amines) is 1. The zero-order chi connectivity index (χ0) is 18.7. The number of benzene rings is 1. The highest BCUT2D eigenvalue weighted by molar-refractivity contribution is 6.05. The summed E-state index contributed by atoms with van der Waals surface area (Å²) in [5, 5.41) is 0. The van der Waals surface area contributed by atoms with Gasteiger partial charge in [-0.2, -0.15) is 0 Å². The monoisotopic (exact) mass is 358 g/mol. The second kappa shape index (κ2) is 7.89. The van der Waals surface area contributed by atoms with Crippen LogP contribution in [0.4, 0.5) is 0 Å². The predicted octanol–water partition coefficient (Wildman–Crippen LogP) is 2.22. The lowest BCUT2D eigenvalue weighted by Gasteiger charge is -2.20. The maximum atomic E-state index is 12.5. The van der Waals surface area contributed by atoms with Crippen molar-refractivity contribution in [2.24, 2.45) is 11.8 Å². The highest BCUT2D eigenvalue weighted by atomic mass is 16.5. The van der Waals surface area contributed by atoms with Crippen molar-refractivity contribution < 1.29 is 19.1 Å². The lowest BCUT2D eigenvalue weighted by molar-refractivity contribution is -0.140. The van der Waals surface area contributed by atoms with E-state index in [2.05, 4.69) is 0 Å². The number of carbonyl (C=O) groups excluding carboxylic acids is 3. The highest BCUT2D eigenvalue weighted by Crippen LogP contribution is 2.38. The van der Waals surface area contributed by atoms with Crippen LogP contribution in [0, 0.1) is 11.8 Å². The Morgan fingerprint density at radius 3 is 2.46 bits per heavy atom. The maximum absolute atomic E-state index is 12.5. The van der Waals surface area contributed by atoms with Crippen LogP contribution in [-0.2, 0) is 20.9 Å². The van der Waals surface area contributed by atoms with Crippen molar-refractivity contribution >= 4 is 17.7 Å². The van der Waals surface area contributed by atoms with E-state index < -0.39 is 0 Å². The van der Waals surface area contributed by atoms with Crippen molar-refractivity contribution in [2.75, 3.05) is 20.7 Å². The molecule has 2 atom stereocenters. The van der Waals surface area contributed by atoms with Gasteiger partial charge in [0.05, 0.1) is 18.9 Å². The molecule has 0 N–H and O–H groups in total. The van der Waals surface area contributed by atoms with Gasteiger partial charge in [0.25, 0.3) is 0 Å². The molecule has 0 radical (unpaired) electrons. The van der Waals surface area contributed by atoms with E-state index in [-0.39, 0.29) is 42.5 Å². The van der Waals surface area contributed by atoms with Gasteiger partial charge < -0.3 is 9.64 Å². The summed E-state index contributed by atoms with van der Waals surface area (Å²) < 4.78 is 5.20. The van der Waals surface area contributed by atoms with E-state index in [0.717, 1.165) is 37.0 Å². The van der Waals surface area contributed by atoms with Gasteiger partial charge in [0.1, 0.15) is 5.75 Å². The number of amides is 3. The van der Waals surface area contributed by atoms with Crippen molar-refractivity contribution in [3.8, 4) is 5.75 Å². The van der Waals surface area contributed by atoms with Crippen molar-refractivity contribution in [1.82, 2.24) is 9.80 Å². The molecular formula is C20H26N2O4. The van der Waals surface area contributed by atoms with Gasteiger partial charge in [-0.1, -0.05) is 25.0 Å². The van der Waals surface area contributed by atoms with E-state index in [9.17, 15) is 14.4 Å². The van der Waals surface area contributed by atoms with Crippen molar-refractivity contribution in [1.29, 1.82) is 0 Å². The van der Waals surface area contributed by atoms with Crippen molar-refractivity contribution in [2.45, 2.75) is 38.6 Å². The molecule has 6 heteroatoms. The summed E-state index contributed by atoms with van der Waals surface area (Å²) in [6.07, 6.45) is 3.79. The fraction of sp³-hybridized carbons (Fsp3) is 0.550. The third-order valence-corrected chi connectivity index (χ3v) is 5.46. The molecule has 1 saturated heterocycles. The van der Waals surface area contributed by atoms with Gasteiger partial charge in [0.15, 0.2) is 0 Å². The number of imide groups is 1. The molecule has 1 aromatic carbocycles. The van der Waals surface area contributed by atoms with Gasteiger partial charge in [-0.05, 0) is 30.5 Å². The summed E-state index contributed by atoms with van der Waals surface area (Å²) in [5.74, 6) is 0.204. The van der Waals surface area contributed by atoms with E-state index in [1.165, 1.54) is 4.90 Å². The lowest BCUT2D eigenvalue weighted by atomic mass is 9.81. The molecule has 0 bridgehead atoms. The number of carbonyl (C=O) groups is 3. The minimum atomic E-state index is -0.152. The summed E-state index contributed by atoms with van der Waals surface area (Å²) in [6, 6.07) is 7.57. The topological polar surface area (TPSA) is 66.9 Å². The molecule has 0 unspecified atom stereocenters. The van der Waals surface area contributed by atoms with Gasteiger partial charge >= 0.3 is 0 Å². The number of rotatable bonds is 6. The highest BCUT2D eigenvalue weighted by Gasteiger charge is 2.47. The Morgan fingerprint density at radius 2 is 1.85 bits per heavy atom. The molecule has 26 heavy (non-hydrogen) atoms. The molecule has 3 amide bonds. The van der Waals surface area contributed by atoms with Gasteiger partial charge in [-0.3, -0.25) is 19.3 Å². The zero-order valence-electron chi connectivity index (χ0n) is 15.4.